The van der Waals surface area contributed by atoms with Crippen LogP contribution in [-0.2, 0) is 0 Å². The average molecular weight is 268 g/mol. The summed E-state index contributed by atoms with van der Waals surface area (Å²) >= 11 is 0. The molecule has 0 spiro atoms. The normalized spacial score (nSPS) is 10.6. The van der Waals surface area contributed by atoms with E-state index in [1.165, 1.54) is 18.5 Å². The van der Waals surface area contributed by atoms with Crippen molar-refractivity contribution in [1.82, 2.24) is 0 Å². The van der Waals surface area contributed by atoms with Crippen LogP contribution in [-0.4, -0.2) is 6.54 Å². The summed E-state index contributed by atoms with van der Waals surface area (Å²) in [7, 11) is 0. The molecule has 0 atom stereocenters. The van der Waals surface area contributed by atoms with Gasteiger partial charge in [-0.05, 0) is 42.3 Å². The summed E-state index contributed by atoms with van der Waals surface area (Å²) in [5, 5.41) is 6.90. The molecule has 2 nitrogen and oxygen atoms in total. The first-order valence-corrected chi connectivity index (χ1v) is 7.47. The second-order valence-electron chi connectivity index (χ2n) is 5.13. The van der Waals surface area contributed by atoms with Gasteiger partial charge in [0.1, 0.15) is 0 Å². The molecule has 2 aromatic rings. The van der Waals surface area contributed by atoms with Crippen molar-refractivity contribution >= 4 is 17.1 Å². The molecule has 0 aliphatic carbocycles. The fourth-order valence-corrected chi connectivity index (χ4v) is 2.20. The number of anilines is 3. The quantitative estimate of drug-likeness (QED) is 0.714. The van der Waals surface area contributed by atoms with E-state index in [2.05, 4.69) is 60.9 Å². The first-order chi connectivity index (χ1) is 9.81. The lowest BCUT2D eigenvalue weighted by molar-refractivity contribution is 0.519. The van der Waals surface area contributed by atoms with Gasteiger partial charge < -0.3 is 10.6 Å². The molecule has 0 saturated heterocycles. The van der Waals surface area contributed by atoms with Crippen LogP contribution in [0, 0.1) is 5.92 Å². The van der Waals surface area contributed by atoms with E-state index in [1.807, 2.05) is 18.2 Å². The van der Waals surface area contributed by atoms with Gasteiger partial charge in [-0.15, -0.1) is 0 Å². The monoisotopic (exact) mass is 268 g/mol. The second kappa shape index (κ2) is 7.59. The predicted octanol–water partition coefficient (Wildman–Crippen LogP) is 5.28. The predicted molar refractivity (Wildman–Crippen MR) is 88.7 cm³/mol. The molecule has 2 N–H and O–H groups in total. The third-order valence-corrected chi connectivity index (χ3v) is 3.70. The van der Waals surface area contributed by atoms with Gasteiger partial charge in [0.05, 0.1) is 0 Å². The van der Waals surface area contributed by atoms with Gasteiger partial charge in [0, 0.05) is 23.6 Å². The van der Waals surface area contributed by atoms with Gasteiger partial charge in [-0.2, -0.15) is 0 Å². The number of hydrogen-bond donors (Lipinski definition) is 2. The van der Waals surface area contributed by atoms with Crippen molar-refractivity contribution in [3.8, 4) is 0 Å². The first kappa shape index (κ1) is 14.4. The standard InChI is InChI=1S/C18H24N2/c1-3-15(4-2)14-19-16-10-12-18(13-11-16)20-17-8-6-5-7-9-17/h5-13,15,19-20H,3-4,14H2,1-2H3. The molecule has 2 rings (SSSR count). The van der Waals surface area contributed by atoms with Crippen LogP contribution in [0.25, 0.3) is 0 Å². The van der Waals surface area contributed by atoms with Crippen LogP contribution in [0.3, 0.4) is 0 Å². The highest BCUT2D eigenvalue weighted by molar-refractivity contribution is 5.62. The molecule has 0 fully saturated rings. The Morgan fingerprint density at radius 1 is 0.750 bits per heavy atom. The van der Waals surface area contributed by atoms with Crippen molar-refractivity contribution in [3.05, 3.63) is 54.6 Å². The smallest absolute Gasteiger partial charge is 0.0385 e. The molecule has 0 unspecified atom stereocenters. The Labute approximate surface area is 122 Å². The van der Waals surface area contributed by atoms with Crippen LogP contribution in [0.15, 0.2) is 54.6 Å². The molecular formula is C18H24N2. The molecule has 20 heavy (non-hydrogen) atoms. The summed E-state index contributed by atoms with van der Waals surface area (Å²) in [4.78, 5) is 0. The third kappa shape index (κ3) is 4.30. The van der Waals surface area contributed by atoms with Gasteiger partial charge in [-0.3, -0.25) is 0 Å². The van der Waals surface area contributed by atoms with Gasteiger partial charge >= 0.3 is 0 Å². The molecule has 0 aliphatic heterocycles. The molecule has 0 amide bonds. The zero-order chi connectivity index (χ0) is 14.2. The average Bonchev–Trinajstić information content (AvgIpc) is 2.51. The van der Waals surface area contributed by atoms with Crippen molar-refractivity contribution in [1.29, 1.82) is 0 Å². The number of rotatable bonds is 7. The Hall–Kier alpha value is -1.96. The molecular weight excluding hydrogens is 244 g/mol. The minimum absolute atomic E-state index is 0.761. The van der Waals surface area contributed by atoms with Crippen LogP contribution in [0.2, 0.25) is 0 Å². The van der Waals surface area contributed by atoms with Crippen molar-refractivity contribution in [2.75, 3.05) is 17.2 Å². The summed E-state index contributed by atoms with van der Waals surface area (Å²) in [5.41, 5.74) is 3.42. The van der Waals surface area contributed by atoms with Gasteiger partial charge in [0.15, 0.2) is 0 Å². The molecule has 2 heteroatoms. The van der Waals surface area contributed by atoms with E-state index in [4.69, 9.17) is 0 Å². The van der Waals surface area contributed by atoms with Crippen molar-refractivity contribution < 1.29 is 0 Å². The summed E-state index contributed by atoms with van der Waals surface area (Å²) in [6.07, 6.45) is 2.47. The molecule has 0 aliphatic rings. The third-order valence-electron chi connectivity index (χ3n) is 3.70. The molecule has 0 heterocycles. The Kier molecular flexibility index (Phi) is 5.48. The summed E-state index contributed by atoms with van der Waals surface area (Å²) < 4.78 is 0. The molecule has 106 valence electrons. The van der Waals surface area contributed by atoms with Crippen LogP contribution in [0.5, 0.6) is 0 Å². The van der Waals surface area contributed by atoms with E-state index in [-0.39, 0.29) is 0 Å². The van der Waals surface area contributed by atoms with E-state index >= 15 is 0 Å². The minimum atomic E-state index is 0.761. The number of benzene rings is 2. The highest BCUT2D eigenvalue weighted by Crippen LogP contribution is 2.19. The Morgan fingerprint density at radius 2 is 1.30 bits per heavy atom. The van der Waals surface area contributed by atoms with E-state index in [9.17, 15) is 0 Å². The highest BCUT2D eigenvalue weighted by Gasteiger charge is 2.02. The zero-order valence-corrected chi connectivity index (χ0v) is 12.4. The maximum absolute atomic E-state index is 3.51. The lowest BCUT2D eigenvalue weighted by Crippen LogP contribution is -2.12. The second-order valence-corrected chi connectivity index (χ2v) is 5.13. The molecule has 0 aromatic heterocycles. The summed E-state index contributed by atoms with van der Waals surface area (Å²) in [6.45, 7) is 5.56. The Morgan fingerprint density at radius 3 is 1.90 bits per heavy atom. The fourth-order valence-electron chi connectivity index (χ4n) is 2.20. The summed E-state index contributed by atoms with van der Waals surface area (Å²) in [6, 6.07) is 18.7. The maximum Gasteiger partial charge on any atom is 0.0385 e. The van der Waals surface area contributed by atoms with E-state index < -0.39 is 0 Å². The van der Waals surface area contributed by atoms with Crippen LogP contribution in [0.1, 0.15) is 26.7 Å². The molecule has 0 saturated carbocycles. The van der Waals surface area contributed by atoms with Gasteiger partial charge in [0.25, 0.3) is 0 Å². The lowest BCUT2D eigenvalue weighted by Gasteiger charge is -2.14. The van der Waals surface area contributed by atoms with E-state index in [0.29, 0.717) is 0 Å². The van der Waals surface area contributed by atoms with E-state index in [0.717, 1.165) is 23.8 Å². The fraction of sp³-hybridized carbons (Fsp3) is 0.333. The van der Waals surface area contributed by atoms with Crippen LogP contribution >= 0.6 is 0 Å². The topological polar surface area (TPSA) is 24.1 Å². The van der Waals surface area contributed by atoms with Crippen molar-refractivity contribution in [2.24, 2.45) is 5.92 Å². The minimum Gasteiger partial charge on any atom is -0.385 e. The first-order valence-electron chi connectivity index (χ1n) is 7.47. The van der Waals surface area contributed by atoms with Gasteiger partial charge in [-0.25, -0.2) is 0 Å². The Bertz CT molecular complexity index is 487. The highest BCUT2D eigenvalue weighted by atomic mass is 14.9. The number of nitrogens with one attached hydrogen (secondary N) is 2. The number of hydrogen-bond acceptors (Lipinski definition) is 2. The molecule has 2 aromatic carbocycles. The SMILES string of the molecule is CCC(CC)CNc1ccc(Nc2ccccc2)cc1. The van der Waals surface area contributed by atoms with Crippen LogP contribution in [0.4, 0.5) is 17.1 Å². The zero-order valence-electron chi connectivity index (χ0n) is 12.4. The largest absolute Gasteiger partial charge is 0.385 e. The molecule has 0 radical (unpaired) electrons. The van der Waals surface area contributed by atoms with Crippen molar-refractivity contribution in [2.45, 2.75) is 26.7 Å². The maximum atomic E-state index is 3.51. The summed E-state index contributed by atoms with van der Waals surface area (Å²) in [5.74, 6) is 0.761. The van der Waals surface area contributed by atoms with E-state index in [1.54, 1.807) is 0 Å². The Balaban J connectivity index is 1.90. The van der Waals surface area contributed by atoms with Crippen molar-refractivity contribution in [3.63, 3.8) is 0 Å². The number of para-hydroxylation sites is 1. The lowest BCUT2D eigenvalue weighted by atomic mass is 10.0. The van der Waals surface area contributed by atoms with Crippen LogP contribution < -0.4 is 10.6 Å². The van der Waals surface area contributed by atoms with Gasteiger partial charge in [-0.1, -0.05) is 44.9 Å². The molecule has 0 bridgehead atoms. The van der Waals surface area contributed by atoms with Gasteiger partial charge in [0.2, 0.25) is 0 Å².